The first-order valence-electron chi connectivity index (χ1n) is 5.81. The zero-order valence-electron chi connectivity index (χ0n) is 10.4. The number of nitrogens with zero attached hydrogens (tertiary/aromatic N) is 1. The van der Waals surface area contributed by atoms with Crippen LogP contribution in [0.15, 0.2) is 42.6 Å². The molecule has 0 unspecified atom stereocenters. The number of aryl methyl sites for hydroxylation is 1. The summed E-state index contributed by atoms with van der Waals surface area (Å²) in [6.07, 6.45) is 1.63. The van der Waals surface area contributed by atoms with Gasteiger partial charge in [0.2, 0.25) is 5.91 Å². The van der Waals surface area contributed by atoms with Gasteiger partial charge in [-0.05, 0) is 24.1 Å². The van der Waals surface area contributed by atoms with E-state index in [2.05, 4.69) is 10.3 Å². The fourth-order valence-corrected chi connectivity index (χ4v) is 1.81. The van der Waals surface area contributed by atoms with Gasteiger partial charge in [0.25, 0.3) is 0 Å². The first-order valence-corrected chi connectivity index (χ1v) is 6.19. The van der Waals surface area contributed by atoms with E-state index in [9.17, 15) is 4.79 Å². The standard InChI is InChI=1S/C14H14ClN3O/c1-9-7-11(13(15)17-8-9)18-14(19)12(16)10-5-3-2-4-6-10/h2-8,12H,16H2,1H3,(H,18,19)/t12-/m0/s1. The van der Waals surface area contributed by atoms with Crippen molar-refractivity contribution in [2.75, 3.05) is 5.32 Å². The molecule has 2 rings (SSSR count). The number of amides is 1. The molecule has 3 N–H and O–H groups in total. The molecular weight excluding hydrogens is 262 g/mol. The summed E-state index contributed by atoms with van der Waals surface area (Å²) in [6, 6.07) is 10.2. The third-order valence-corrected chi connectivity index (χ3v) is 2.98. The minimum Gasteiger partial charge on any atom is -0.322 e. The number of aromatic nitrogens is 1. The Morgan fingerprint density at radius 2 is 2.05 bits per heavy atom. The van der Waals surface area contributed by atoms with Gasteiger partial charge in [-0.3, -0.25) is 4.79 Å². The first kappa shape index (κ1) is 13.5. The number of carbonyl (C=O) groups is 1. The normalized spacial score (nSPS) is 11.9. The van der Waals surface area contributed by atoms with Gasteiger partial charge in [-0.2, -0.15) is 0 Å². The van der Waals surface area contributed by atoms with Gasteiger partial charge in [-0.15, -0.1) is 0 Å². The summed E-state index contributed by atoms with van der Waals surface area (Å²) in [5.41, 5.74) is 8.03. The average Bonchev–Trinajstić information content (AvgIpc) is 2.43. The highest BCUT2D eigenvalue weighted by atomic mass is 35.5. The molecule has 0 saturated carbocycles. The highest BCUT2D eigenvalue weighted by molar-refractivity contribution is 6.32. The van der Waals surface area contributed by atoms with E-state index < -0.39 is 6.04 Å². The smallest absolute Gasteiger partial charge is 0.245 e. The van der Waals surface area contributed by atoms with E-state index in [1.54, 1.807) is 24.4 Å². The van der Waals surface area contributed by atoms with E-state index in [0.717, 1.165) is 11.1 Å². The zero-order chi connectivity index (χ0) is 13.8. The molecule has 1 aromatic carbocycles. The number of anilines is 1. The van der Waals surface area contributed by atoms with Gasteiger partial charge in [0.15, 0.2) is 5.15 Å². The Bertz CT molecular complexity index is 586. The maximum atomic E-state index is 12.1. The van der Waals surface area contributed by atoms with Crippen molar-refractivity contribution in [2.24, 2.45) is 5.73 Å². The molecule has 19 heavy (non-hydrogen) atoms. The molecule has 0 bridgehead atoms. The van der Waals surface area contributed by atoms with Crippen molar-refractivity contribution in [3.05, 3.63) is 58.9 Å². The van der Waals surface area contributed by atoms with Crippen molar-refractivity contribution < 1.29 is 4.79 Å². The van der Waals surface area contributed by atoms with Gasteiger partial charge in [0.05, 0.1) is 5.69 Å². The van der Waals surface area contributed by atoms with E-state index in [-0.39, 0.29) is 11.1 Å². The summed E-state index contributed by atoms with van der Waals surface area (Å²) >= 11 is 5.92. The van der Waals surface area contributed by atoms with Crippen LogP contribution >= 0.6 is 11.6 Å². The van der Waals surface area contributed by atoms with Gasteiger partial charge in [0, 0.05) is 6.20 Å². The van der Waals surface area contributed by atoms with Gasteiger partial charge in [-0.1, -0.05) is 41.9 Å². The largest absolute Gasteiger partial charge is 0.322 e. The SMILES string of the molecule is Cc1cnc(Cl)c(NC(=O)[C@@H](N)c2ccccc2)c1. The monoisotopic (exact) mass is 275 g/mol. The summed E-state index contributed by atoms with van der Waals surface area (Å²) in [5, 5.41) is 2.94. The Hall–Kier alpha value is -1.91. The van der Waals surface area contributed by atoms with Crippen molar-refractivity contribution in [1.29, 1.82) is 0 Å². The minimum atomic E-state index is -0.738. The first-order chi connectivity index (χ1) is 9.08. The van der Waals surface area contributed by atoms with Crippen LogP contribution in [0.25, 0.3) is 0 Å². The van der Waals surface area contributed by atoms with Crippen molar-refractivity contribution in [2.45, 2.75) is 13.0 Å². The summed E-state index contributed by atoms with van der Waals surface area (Å²) < 4.78 is 0. The Balaban J connectivity index is 2.15. The van der Waals surface area contributed by atoms with E-state index >= 15 is 0 Å². The van der Waals surface area contributed by atoms with Crippen molar-refractivity contribution >= 4 is 23.2 Å². The Labute approximate surface area is 116 Å². The third kappa shape index (κ3) is 3.30. The predicted molar refractivity (Wildman–Crippen MR) is 76.0 cm³/mol. The molecule has 2 aromatic rings. The molecule has 4 nitrogen and oxygen atoms in total. The number of rotatable bonds is 3. The fraction of sp³-hybridized carbons (Fsp3) is 0.143. The molecular formula is C14H14ClN3O. The van der Waals surface area contributed by atoms with Crippen LogP contribution in [-0.4, -0.2) is 10.9 Å². The number of halogens is 1. The van der Waals surface area contributed by atoms with E-state index in [4.69, 9.17) is 17.3 Å². The van der Waals surface area contributed by atoms with Crippen molar-refractivity contribution in [3.8, 4) is 0 Å². The number of hydrogen-bond acceptors (Lipinski definition) is 3. The maximum absolute atomic E-state index is 12.1. The average molecular weight is 276 g/mol. The Kier molecular flexibility index (Phi) is 4.14. The number of carbonyl (C=O) groups excluding carboxylic acids is 1. The Morgan fingerprint density at radius 1 is 1.37 bits per heavy atom. The second-order valence-corrected chi connectivity index (χ2v) is 4.59. The molecule has 1 atom stereocenters. The molecule has 0 fully saturated rings. The molecule has 98 valence electrons. The number of benzene rings is 1. The summed E-state index contributed by atoms with van der Waals surface area (Å²) in [4.78, 5) is 16.0. The fourth-order valence-electron chi connectivity index (χ4n) is 1.66. The predicted octanol–water partition coefficient (Wildman–Crippen LogP) is 2.68. The van der Waals surface area contributed by atoms with Crippen LogP contribution in [0.3, 0.4) is 0 Å². The highest BCUT2D eigenvalue weighted by Gasteiger charge is 2.16. The molecule has 1 heterocycles. The molecule has 0 saturated heterocycles. The third-order valence-electron chi connectivity index (χ3n) is 2.67. The molecule has 0 aliphatic rings. The second kappa shape index (κ2) is 5.82. The Morgan fingerprint density at radius 3 is 2.74 bits per heavy atom. The van der Waals surface area contributed by atoms with Crippen LogP contribution in [0.4, 0.5) is 5.69 Å². The lowest BCUT2D eigenvalue weighted by Crippen LogP contribution is -2.27. The molecule has 0 aliphatic carbocycles. The van der Waals surface area contributed by atoms with Crippen LogP contribution < -0.4 is 11.1 Å². The molecule has 1 aromatic heterocycles. The van der Waals surface area contributed by atoms with E-state index in [1.165, 1.54) is 0 Å². The van der Waals surface area contributed by atoms with Gasteiger partial charge < -0.3 is 11.1 Å². The lowest BCUT2D eigenvalue weighted by molar-refractivity contribution is -0.117. The number of pyridine rings is 1. The summed E-state index contributed by atoms with van der Waals surface area (Å²) in [5.74, 6) is -0.319. The molecule has 5 heteroatoms. The number of nitrogens with one attached hydrogen (secondary N) is 1. The lowest BCUT2D eigenvalue weighted by atomic mass is 10.1. The van der Waals surface area contributed by atoms with Gasteiger partial charge >= 0.3 is 0 Å². The second-order valence-electron chi connectivity index (χ2n) is 4.23. The molecule has 0 radical (unpaired) electrons. The van der Waals surface area contributed by atoms with Crippen LogP contribution in [0.5, 0.6) is 0 Å². The quantitative estimate of drug-likeness (QED) is 0.846. The van der Waals surface area contributed by atoms with Gasteiger partial charge in [0.1, 0.15) is 6.04 Å². The van der Waals surface area contributed by atoms with Crippen LogP contribution in [-0.2, 0) is 4.79 Å². The summed E-state index contributed by atoms with van der Waals surface area (Å²) in [6.45, 7) is 1.87. The zero-order valence-corrected chi connectivity index (χ0v) is 11.2. The lowest BCUT2D eigenvalue weighted by Gasteiger charge is -2.13. The summed E-state index contributed by atoms with van der Waals surface area (Å²) in [7, 11) is 0. The van der Waals surface area contributed by atoms with Crippen molar-refractivity contribution in [1.82, 2.24) is 4.98 Å². The molecule has 0 spiro atoms. The van der Waals surface area contributed by atoms with Crippen LogP contribution in [0.2, 0.25) is 5.15 Å². The maximum Gasteiger partial charge on any atom is 0.245 e. The highest BCUT2D eigenvalue weighted by Crippen LogP contribution is 2.21. The minimum absolute atomic E-state index is 0.249. The van der Waals surface area contributed by atoms with Gasteiger partial charge in [-0.25, -0.2) is 4.98 Å². The van der Waals surface area contributed by atoms with E-state index in [0.29, 0.717) is 5.69 Å². The van der Waals surface area contributed by atoms with Crippen molar-refractivity contribution in [3.63, 3.8) is 0 Å². The number of nitrogens with two attached hydrogens (primary N) is 1. The number of hydrogen-bond donors (Lipinski definition) is 2. The topological polar surface area (TPSA) is 68.0 Å². The van der Waals surface area contributed by atoms with Crippen LogP contribution in [0.1, 0.15) is 17.2 Å². The molecule has 0 aliphatic heterocycles. The molecule has 1 amide bonds. The van der Waals surface area contributed by atoms with E-state index in [1.807, 2.05) is 25.1 Å². The van der Waals surface area contributed by atoms with Crippen LogP contribution in [0, 0.1) is 6.92 Å².